The van der Waals surface area contributed by atoms with Crippen LogP contribution in [0.15, 0.2) is 48.5 Å². The molecule has 4 heteroatoms. The van der Waals surface area contributed by atoms with Gasteiger partial charge in [-0.15, -0.1) is 11.6 Å². The number of benzene rings is 2. The lowest BCUT2D eigenvalue weighted by Crippen LogP contribution is -2.18. The standard InChI is InChI=1S/C16H16ClF2N/c17-11-1-2-12-20(15-7-3-13(18)4-8-15)16-9-5-14(19)6-10-16/h3-10H,1-2,11-12H2. The van der Waals surface area contributed by atoms with Crippen LogP contribution in [-0.4, -0.2) is 12.4 Å². The molecule has 0 aliphatic rings. The Bertz CT molecular complexity index is 480. The van der Waals surface area contributed by atoms with Gasteiger partial charge in [0.15, 0.2) is 0 Å². The molecule has 20 heavy (non-hydrogen) atoms. The molecule has 0 aliphatic heterocycles. The molecule has 0 atom stereocenters. The van der Waals surface area contributed by atoms with Gasteiger partial charge in [-0.2, -0.15) is 0 Å². The fourth-order valence-corrected chi connectivity index (χ4v) is 2.20. The predicted molar refractivity (Wildman–Crippen MR) is 79.8 cm³/mol. The van der Waals surface area contributed by atoms with Crippen molar-refractivity contribution in [1.82, 2.24) is 0 Å². The molecular weight excluding hydrogens is 280 g/mol. The Morgan fingerprint density at radius 1 is 0.750 bits per heavy atom. The van der Waals surface area contributed by atoms with Crippen molar-refractivity contribution in [3.05, 3.63) is 60.2 Å². The maximum Gasteiger partial charge on any atom is 0.123 e. The van der Waals surface area contributed by atoms with Crippen LogP contribution in [-0.2, 0) is 0 Å². The van der Waals surface area contributed by atoms with Crippen molar-refractivity contribution in [3.8, 4) is 0 Å². The second-order valence-corrected chi connectivity index (χ2v) is 4.88. The van der Waals surface area contributed by atoms with Crippen LogP contribution in [0.25, 0.3) is 0 Å². The summed E-state index contributed by atoms with van der Waals surface area (Å²) in [4.78, 5) is 2.03. The minimum absolute atomic E-state index is 0.270. The Morgan fingerprint density at radius 2 is 1.20 bits per heavy atom. The van der Waals surface area contributed by atoms with Crippen molar-refractivity contribution in [2.75, 3.05) is 17.3 Å². The second-order valence-electron chi connectivity index (χ2n) is 4.50. The fraction of sp³-hybridized carbons (Fsp3) is 0.250. The number of rotatable bonds is 6. The van der Waals surface area contributed by atoms with E-state index in [2.05, 4.69) is 0 Å². The van der Waals surface area contributed by atoms with Gasteiger partial charge in [0.1, 0.15) is 11.6 Å². The first-order chi connectivity index (χ1) is 9.70. The number of halogens is 3. The monoisotopic (exact) mass is 295 g/mol. The minimum atomic E-state index is -0.270. The molecule has 0 aromatic heterocycles. The Kier molecular flexibility index (Phi) is 5.36. The van der Waals surface area contributed by atoms with Crippen LogP contribution >= 0.6 is 11.6 Å². The van der Waals surface area contributed by atoms with Crippen molar-refractivity contribution in [1.29, 1.82) is 0 Å². The van der Waals surface area contributed by atoms with Gasteiger partial charge < -0.3 is 4.90 Å². The van der Waals surface area contributed by atoms with Gasteiger partial charge in [0.25, 0.3) is 0 Å². The van der Waals surface area contributed by atoms with Crippen molar-refractivity contribution >= 4 is 23.0 Å². The maximum absolute atomic E-state index is 13.0. The molecule has 0 N–H and O–H groups in total. The van der Waals surface area contributed by atoms with E-state index < -0.39 is 0 Å². The number of hydrogen-bond acceptors (Lipinski definition) is 1. The molecule has 2 aromatic rings. The predicted octanol–water partition coefficient (Wildman–Crippen LogP) is 5.12. The Balaban J connectivity index is 2.23. The van der Waals surface area contributed by atoms with Gasteiger partial charge in [-0.05, 0) is 61.4 Å². The highest BCUT2D eigenvalue weighted by Crippen LogP contribution is 2.26. The summed E-state index contributed by atoms with van der Waals surface area (Å²) in [6.07, 6.45) is 1.82. The molecule has 0 saturated heterocycles. The largest absolute Gasteiger partial charge is 0.341 e. The van der Waals surface area contributed by atoms with E-state index in [4.69, 9.17) is 11.6 Å². The first-order valence-corrected chi connectivity index (χ1v) is 7.09. The van der Waals surface area contributed by atoms with Gasteiger partial charge in [-0.25, -0.2) is 8.78 Å². The molecule has 0 aliphatic carbocycles. The SMILES string of the molecule is Fc1ccc(N(CCCCCl)c2ccc(F)cc2)cc1. The van der Waals surface area contributed by atoms with Gasteiger partial charge in [-0.1, -0.05) is 0 Å². The first-order valence-electron chi connectivity index (χ1n) is 6.55. The fourth-order valence-electron chi connectivity index (χ4n) is 2.01. The van der Waals surface area contributed by atoms with Crippen LogP contribution in [0.5, 0.6) is 0 Å². The Morgan fingerprint density at radius 3 is 1.60 bits per heavy atom. The van der Waals surface area contributed by atoms with E-state index in [1.807, 2.05) is 4.90 Å². The van der Waals surface area contributed by atoms with E-state index >= 15 is 0 Å². The Hall–Kier alpha value is -1.61. The smallest absolute Gasteiger partial charge is 0.123 e. The summed E-state index contributed by atoms with van der Waals surface area (Å²) in [6, 6.07) is 12.6. The average Bonchev–Trinajstić information content (AvgIpc) is 2.46. The van der Waals surface area contributed by atoms with Crippen LogP contribution in [0, 0.1) is 11.6 Å². The van der Waals surface area contributed by atoms with Crippen LogP contribution in [0.1, 0.15) is 12.8 Å². The van der Waals surface area contributed by atoms with Gasteiger partial charge in [0, 0.05) is 23.8 Å². The highest BCUT2D eigenvalue weighted by atomic mass is 35.5. The third-order valence-electron chi connectivity index (χ3n) is 3.04. The summed E-state index contributed by atoms with van der Waals surface area (Å²) < 4.78 is 26.1. The average molecular weight is 296 g/mol. The highest BCUT2D eigenvalue weighted by molar-refractivity contribution is 6.17. The number of nitrogens with zero attached hydrogens (tertiary/aromatic N) is 1. The molecule has 1 nitrogen and oxygen atoms in total. The van der Waals surface area contributed by atoms with E-state index in [0.29, 0.717) is 5.88 Å². The molecule has 0 saturated carbocycles. The molecule has 2 rings (SSSR count). The summed E-state index contributed by atoms with van der Waals surface area (Å²) in [5, 5.41) is 0. The minimum Gasteiger partial charge on any atom is -0.341 e. The van der Waals surface area contributed by atoms with Crippen LogP contribution in [0.2, 0.25) is 0 Å². The number of alkyl halides is 1. The van der Waals surface area contributed by atoms with E-state index in [0.717, 1.165) is 30.8 Å². The summed E-state index contributed by atoms with van der Waals surface area (Å²) in [6.45, 7) is 0.754. The molecule has 0 spiro atoms. The van der Waals surface area contributed by atoms with Crippen LogP contribution in [0.4, 0.5) is 20.2 Å². The summed E-state index contributed by atoms with van der Waals surface area (Å²) >= 11 is 5.70. The van der Waals surface area contributed by atoms with Crippen molar-refractivity contribution in [2.45, 2.75) is 12.8 Å². The number of unbranched alkanes of at least 4 members (excludes halogenated alkanes) is 1. The number of anilines is 2. The highest BCUT2D eigenvalue weighted by Gasteiger charge is 2.09. The second kappa shape index (κ2) is 7.25. The van der Waals surface area contributed by atoms with Gasteiger partial charge >= 0.3 is 0 Å². The van der Waals surface area contributed by atoms with Crippen molar-refractivity contribution in [2.24, 2.45) is 0 Å². The molecule has 0 unspecified atom stereocenters. The normalized spacial score (nSPS) is 10.6. The molecule has 0 heterocycles. The van der Waals surface area contributed by atoms with Crippen molar-refractivity contribution < 1.29 is 8.78 Å². The third-order valence-corrected chi connectivity index (χ3v) is 3.31. The van der Waals surface area contributed by atoms with E-state index in [9.17, 15) is 8.78 Å². The summed E-state index contributed by atoms with van der Waals surface area (Å²) in [5.74, 6) is 0.0721. The summed E-state index contributed by atoms with van der Waals surface area (Å²) in [7, 11) is 0. The van der Waals surface area contributed by atoms with Gasteiger partial charge in [0.05, 0.1) is 0 Å². The Labute approximate surface area is 122 Å². The third kappa shape index (κ3) is 3.94. The zero-order valence-electron chi connectivity index (χ0n) is 11.0. The molecule has 106 valence electrons. The molecule has 0 bridgehead atoms. The first kappa shape index (κ1) is 14.8. The topological polar surface area (TPSA) is 3.24 Å². The lowest BCUT2D eigenvalue weighted by Gasteiger charge is -2.25. The van der Waals surface area contributed by atoms with E-state index in [-0.39, 0.29) is 11.6 Å². The molecule has 0 radical (unpaired) electrons. The zero-order chi connectivity index (χ0) is 14.4. The number of hydrogen-bond donors (Lipinski definition) is 0. The van der Waals surface area contributed by atoms with Crippen molar-refractivity contribution in [3.63, 3.8) is 0 Å². The van der Waals surface area contributed by atoms with Crippen LogP contribution < -0.4 is 4.90 Å². The molecule has 2 aromatic carbocycles. The maximum atomic E-state index is 13.0. The lowest BCUT2D eigenvalue weighted by molar-refractivity contribution is 0.627. The zero-order valence-corrected chi connectivity index (χ0v) is 11.8. The van der Waals surface area contributed by atoms with Gasteiger partial charge in [0.2, 0.25) is 0 Å². The molecular formula is C16H16ClF2N. The van der Waals surface area contributed by atoms with E-state index in [1.165, 1.54) is 24.3 Å². The lowest BCUT2D eigenvalue weighted by atomic mass is 10.2. The van der Waals surface area contributed by atoms with E-state index in [1.54, 1.807) is 24.3 Å². The van der Waals surface area contributed by atoms with Gasteiger partial charge in [-0.3, -0.25) is 0 Å². The molecule has 0 amide bonds. The van der Waals surface area contributed by atoms with Crippen LogP contribution in [0.3, 0.4) is 0 Å². The quantitative estimate of drug-likeness (QED) is 0.528. The summed E-state index contributed by atoms with van der Waals surface area (Å²) in [5.41, 5.74) is 1.76. The molecule has 0 fully saturated rings.